The number of benzene rings is 9. The van der Waals surface area contributed by atoms with Gasteiger partial charge in [0.1, 0.15) is 0 Å². The van der Waals surface area contributed by atoms with Crippen LogP contribution in [0.15, 0.2) is 230 Å². The van der Waals surface area contributed by atoms with E-state index in [-0.39, 0.29) is 24.2 Å². The van der Waals surface area contributed by atoms with Gasteiger partial charge in [0.05, 0.1) is 50.0 Å². The largest absolute Gasteiger partial charge is 0.309 e. The highest BCUT2D eigenvalue weighted by Gasteiger charge is 2.19. The zero-order chi connectivity index (χ0) is 45.6. The number of rotatable bonds is 6. The monoisotopic (exact) mass is 818 g/mol. The van der Waals surface area contributed by atoms with Gasteiger partial charge in [-0.05, 0) is 82.9 Å². The van der Waals surface area contributed by atoms with Gasteiger partial charge < -0.3 is 9.13 Å². The first kappa shape index (κ1) is 32.2. The summed E-state index contributed by atoms with van der Waals surface area (Å²) in [5.74, 6) is 0. The van der Waals surface area contributed by atoms with E-state index in [2.05, 4.69) is 130 Å². The molecular formula is C60H38N4. The van der Waals surface area contributed by atoms with Crippen LogP contribution in [0.3, 0.4) is 0 Å². The molecule has 0 aliphatic carbocycles. The zero-order valence-corrected chi connectivity index (χ0v) is 34.4. The molecule has 64 heavy (non-hydrogen) atoms. The van der Waals surface area contributed by atoms with Gasteiger partial charge in [0.2, 0.25) is 0 Å². The Labute approximate surface area is 375 Å². The standard InChI is InChI=1S/C60H38N4/c1-3-17-39(18-4-1)51-37-53(41-21-15-23-43(35-41)63-55-29-11-7-25-45(55)46-26-8-12-30-56(46)63)61-59-49(51)33-34-50-52(40-19-5-2-6-20-40)38-54(62-60(50)59)42-22-16-24-44(36-42)64-57-31-13-9-27-47(57)48-28-10-14-32-58(48)64/h1-38H/i33D,34D,37D,38D. The third-order valence-electron chi connectivity index (χ3n) is 12.5. The summed E-state index contributed by atoms with van der Waals surface area (Å²) in [6.45, 7) is 0. The zero-order valence-electron chi connectivity index (χ0n) is 38.4. The van der Waals surface area contributed by atoms with Crippen LogP contribution in [0.4, 0.5) is 0 Å². The van der Waals surface area contributed by atoms with Gasteiger partial charge >= 0.3 is 0 Å². The van der Waals surface area contributed by atoms with Crippen LogP contribution in [0.2, 0.25) is 0 Å². The number of pyridine rings is 2. The third-order valence-corrected chi connectivity index (χ3v) is 12.5. The average molecular weight is 819 g/mol. The molecule has 13 rings (SSSR count). The van der Waals surface area contributed by atoms with Gasteiger partial charge in [-0.15, -0.1) is 0 Å². The molecule has 0 aliphatic heterocycles. The Bertz CT molecular complexity index is 3820. The maximum absolute atomic E-state index is 10.0. The topological polar surface area (TPSA) is 35.6 Å². The number of para-hydroxylation sites is 4. The highest BCUT2D eigenvalue weighted by atomic mass is 15.0. The van der Waals surface area contributed by atoms with Gasteiger partial charge in [-0.25, -0.2) is 9.97 Å². The molecule has 4 heteroatoms. The summed E-state index contributed by atoms with van der Waals surface area (Å²) < 4.78 is 44.1. The summed E-state index contributed by atoms with van der Waals surface area (Å²) in [4.78, 5) is 10.8. The van der Waals surface area contributed by atoms with Crippen molar-refractivity contribution in [3.8, 4) is 56.1 Å². The highest BCUT2D eigenvalue weighted by molar-refractivity contribution is 6.14. The molecule has 0 radical (unpaired) electrons. The highest BCUT2D eigenvalue weighted by Crippen LogP contribution is 2.41. The van der Waals surface area contributed by atoms with Crippen molar-refractivity contribution in [3.05, 3.63) is 230 Å². The fourth-order valence-electron chi connectivity index (χ4n) is 9.60. The molecule has 4 nitrogen and oxygen atoms in total. The Morgan fingerprint density at radius 2 is 0.641 bits per heavy atom. The molecule has 4 aromatic heterocycles. The number of aromatic nitrogens is 4. The van der Waals surface area contributed by atoms with Crippen molar-refractivity contribution in [1.82, 2.24) is 19.1 Å². The Morgan fingerprint density at radius 1 is 0.312 bits per heavy atom. The van der Waals surface area contributed by atoms with E-state index >= 15 is 0 Å². The molecule has 13 aromatic rings. The summed E-state index contributed by atoms with van der Waals surface area (Å²) >= 11 is 0. The number of hydrogen-bond donors (Lipinski definition) is 0. The minimum atomic E-state index is -0.0718. The summed E-state index contributed by atoms with van der Waals surface area (Å²) in [7, 11) is 0. The summed E-state index contributed by atoms with van der Waals surface area (Å²) in [5.41, 5.74) is 11.7. The summed E-state index contributed by atoms with van der Waals surface area (Å²) in [6, 6.07) is 69.4. The minimum Gasteiger partial charge on any atom is -0.309 e. The summed E-state index contributed by atoms with van der Waals surface area (Å²) in [5, 5.41) is 5.34. The lowest BCUT2D eigenvalue weighted by Crippen LogP contribution is -1.98. The smallest absolute Gasteiger partial charge is 0.0978 e. The van der Waals surface area contributed by atoms with Crippen molar-refractivity contribution in [3.63, 3.8) is 0 Å². The van der Waals surface area contributed by atoms with Gasteiger partial charge in [-0.3, -0.25) is 0 Å². The van der Waals surface area contributed by atoms with Gasteiger partial charge in [-0.2, -0.15) is 0 Å². The molecule has 0 amide bonds. The number of hydrogen-bond acceptors (Lipinski definition) is 2. The van der Waals surface area contributed by atoms with E-state index < -0.39 is 0 Å². The summed E-state index contributed by atoms with van der Waals surface area (Å²) in [6.07, 6.45) is 0. The molecule has 4 heterocycles. The van der Waals surface area contributed by atoms with E-state index in [1.54, 1.807) is 0 Å². The van der Waals surface area contributed by atoms with Crippen molar-refractivity contribution in [1.29, 1.82) is 0 Å². The maximum Gasteiger partial charge on any atom is 0.0978 e. The van der Waals surface area contributed by atoms with E-state index in [0.29, 0.717) is 44.3 Å². The van der Waals surface area contributed by atoms with E-state index in [9.17, 15) is 5.48 Å². The second-order valence-electron chi connectivity index (χ2n) is 16.2. The molecule has 298 valence electrons. The first-order valence-electron chi connectivity index (χ1n) is 23.5. The Hall–Kier alpha value is -8.60. The second kappa shape index (κ2) is 14.5. The predicted molar refractivity (Wildman–Crippen MR) is 267 cm³/mol. The average Bonchev–Trinajstić information content (AvgIpc) is 3.91. The molecular weight excluding hydrogens is 777 g/mol. The molecule has 9 aromatic carbocycles. The van der Waals surface area contributed by atoms with E-state index in [4.69, 9.17) is 9.97 Å². The Morgan fingerprint density at radius 3 is 1.02 bits per heavy atom. The first-order valence-corrected chi connectivity index (χ1v) is 21.5. The van der Waals surface area contributed by atoms with Gasteiger partial charge in [0.25, 0.3) is 0 Å². The van der Waals surface area contributed by atoms with Crippen molar-refractivity contribution >= 4 is 65.4 Å². The van der Waals surface area contributed by atoms with Gasteiger partial charge in [0, 0.05) is 54.8 Å². The molecule has 0 saturated carbocycles. The maximum atomic E-state index is 10.0. The molecule has 0 spiro atoms. The quantitative estimate of drug-likeness (QED) is 0.157. The second-order valence-corrected chi connectivity index (χ2v) is 16.2. The van der Waals surface area contributed by atoms with Crippen LogP contribution in [-0.2, 0) is 0 Å². The van der Waals surface area contributed by atoms with E-state index in [1.165, 1.54) is 0 Å². The van der Waals surface area contributed by atoms with Crippen molar-refractivity contribution < 1.29 is 5.48 Å². The molecule has 0 aliphatic rings. The van der Waals surface area contributed by atoms with Crippen molar-refractivity contribution in [2.45, 2.75) is 0 Å². The van der Waals surface area contributed by atoms with Crippen LogP contribution >= 0.6 is 0 Å². The lowest BCUT2D eigenvalue weighted by molar-refractivity contribution is 1.18. The normalized spacial score (nSPS) is 12.6. The molecule has 0 saturated heterocycles. The van der Waals surface area contributed by atoms with Crippen LogP contribution in [0.1, 0.15) is 5.48 Å². The lowest BCUT2D eigenvalue weighted by atomic mass is 9.93. The Balaban J connectivity index is 1.12. The molecule has 0 atom stereocenters. The molecule has 0 fully saturated rings. The van der Waals surface area contributed by atoms with Crippen LogP contribution in [0.5, 0.6) is 0 Å². The minimum absolute atomic E-state index is 0.0718. The van der Waals surface area contributed by atoms with E-state index in [0.717, 1.165) is 77.2 Å². The van der Waals surface area contributed by atoms with Crippen LogP contribution in [0.25, 0.3) is 122 Å². The Kier molecular flexibility index (Phi) is 7.29. The predicted octanol–water partition coefficient (Wildman–Crippen LogP) is 15.6. The van der Waals surface area contributed by atoms with Crippen LogP contribution < -0.4 is 0 Å². The van der Waals surface area contributed by atoms with Crippen molar-refractivity contribution in [2.75, 3.05) is 0 Å². The molecule has 0 bridgehead atoms. The third kappa shape index (κ3) is 5.70. The molecule has 0 N–H and O–H groups in total. The van der Waals surface area contributed by atoms with Gasteiger partial charge in [0.15, 0.2) is 0 Å². The fraction of sp³-hybridized carbons (Fsp3) is 0. The fourth-order valence-corrected chi connectivity index (χ4v) is 9.60. The first-order chi connectivity index (χ1) is 33.4. The number of fused-ring (bicyclic) bond motifs is 9. The van der Waals surface area contributed by atoms with Crippen molar-refractivity contribution in [2.24, 2.45) is 0 Å². The molecule has 0 unspecified atom stereocenters. The SMILES string of the molecule is [2H]c1c(-c2cccc(-n3c4ccccc4c4ccccc43)c2)nc2c(c([2H])c([2H])c3c(-c4ccccc4)c([2H])c(-c4cccc(-n5c6ccccc6c6ccccc65)c4)nc32)c1-c1ccccc1. The lowest BCUT2D eigenvalue weighted by Gasteiger charge is -2.16. The van der Waals surface area contributed by atoms with E-state index in [1.807, 2.05) is 84.9 Å². The number of nitrogens with zero attached hydrogens (tertiary/aromatic N) is 4. The van der Waals surface area contributed by atoms with Gasteiger partial charge in [-0.1, -0.05) is 170 Å². The van der Waals surface area contributed by atoms with Crippen LogP contribution in [-0.4, -0.2) is 19.1 Å². The van der Waals surface area contributed by atoms with Crippen LogP contribution in [0, 0.1) is 0 Å².